The van der Waals surface area contributed by atoms with Crippen molar-refractivity contribution in [3.63, 3.8) is 0 Å². The number of benzene rings is 2. The van der Waals surface area contributed by atoms with Crippen LogP contribution in [0.3, 0.4) is 0 Å². The molecule has 0 aliphatic rings. The lowest BCUT2D eigenvalue weighted by Crippen LogP contribution is -2.22. The maximum Gasteiger partial charge on any atom is 0.287 e. The molecular weight excluding hydrogens is 610 g/mol. The van der Waals surface area contributed by atoms with Gasteiger partial charge in [0.2, 0.25) is 5.88 Å². The quantitative estimate of drug-likeness (QED) is 0.122. The molecule has 2 aromatic carbocycles. The highest BCUT2D eigenvalue weighted by Crippen LogP contribution is 2.39. The van der Waals surface area contributed by atoms with Gasteiger partial charge in [-0.05, 0) is 65.2 Å². The van der Waals surface area contributed by atoms with E-state index < -0.39 is 4.92 Å². The summed E-state index contributed by atoms with van der Waals surface area (Å²) >= 11 is 6.90. The monoisotopic (exact) mass is 629 g/mol. The molecule has 4 rings (SSSR count). The van der Waals surface area contributed by atoms with Crippen molar-refractivity contribution >= 4 is 54.7 Å². The standard InChI is InChI=1S/C25H21Br2N5O5/c1-3-5-22-30-20-8-6-16(26)12-18(20)25(33)31(22)29-13-15-10-19(27)24(21(11-15)36-4-2)37-23-9-7-17(14-28-23)32(34)35/h6-14H,3-5H2,1-2H3. The number of aromatic nitrogens is 3. The first-order chi connectivity index (χ1) is 17.8. The first-order valence-electron chi connectivity index (χ1n) is 11.3. The van der Waals surface area contributed by atoms with Crippen LogP contribution < -0.4 is 15.0 Å². The lowest BCUT2D eigenvalue weighted by atomic mass is 10.2. The van der Waals surface area contributed by atoms with E-state index in [0.717, 1.165) is 17.1 Å². The number of ether oxygens (including phenoxy) is 2. The van der Waals surface area contributed by atoms with Crippen molar-refractivity contribution in [2.45, 2.75) is 26.7 Å². The molecule has 10 nitrogen and oxygen atoms in total. The van der Waals surface area contributed by atoms with E-state index in [0.29, 0.717) is 51.3 Å². The number of fused-ring (bicyclic) bond motifs is 1. The van der Waals surface area contributed by atoms with Crippen molar-refractivity contribution < 1.29 is 14.4 Å². The van der Waals surface area contributed by atoms with Gasteiger partial charge in [0.25, 0.3) is 11.2 Å². The van der Waals surface area contributed by atoms with Gasteiger partial charge in [0.05, 0.1) is 33.1 Å². The number of rotatable bonds is 9. The summed E-state index contributed by atoms with van der Waals surface area (Å²) in [5.74, 6) is 1.48. The molecule has 0 fully saturated rings. The summed E-state index contributed by atoms with van der Waals surface area (Å²) in [4.78, 5) is 32.2. The molecule has 2 heterocycles. The van der Waals surface area contributed by atoms with Gasteiger partial charge in [0.1, 0.15) is 12.0 Å². The number of hydrogen-bond acceptors (Lipinski definition) is 8. The van der Waals surface area contributed by atoms with E-state index in [1.54, 1.807) is 30.5 Å². The Balaban J connectivity index is 1.71. The lowest BCUT2D eigenvalue weighted by molar-refractivity contribution is -0.385. The highest BCUT2D eigenvalue weighted by atomic mass is 79.9. The Labute approximate surface area is 228 Å². The molecule has 190 valence electrons. The van der Waals surface area contributed by atoms with Gasteiger partial charge in [0, 0.05) is 23.0 Å². The number of nitro groups is 1. The van der Waals surface area contributed by atoms with Crippen LogP contribution in [0.15, 0.2) is 67.5 Å². The zero-order valence-electron chi connectivity index (χ0n) is 19.9. The van der Waals surface area contributed by atoms with Crippen LogP contribution in [0.25, 0.3) is 10.9 Å². The van der Waals surface area contributed by atoms with Crippen LogP contribution in [0.4, 0.5) is 5.69 Å². The van der Waals surface area contributed by atoms with Gasteiger partial charge in [0.15, 0.2) is 11.5 Å². The molecule has 0 aliphatic heterocycles. The highest BCUT2D eigenvalue weighted by Gasteiger charge is 2.16. The van der Waals surface area contributed by atoms with E-state index in [1.165, 1.54) is 16.8 Å². The second-order valence-corrected chi connectivity index (χ2v) is 9.55. The Kier molecular flexibility index (Phi) is 8.29. The molecule has 2 aromatic heterocycles. The van der Waals surface area contributed by atoms with Crippen molar-refractivity contribution in [2.75, 3.05) is 6.61 Å². The van der Waals surface area contributed by atoms with Gasteiger partial charge in [-0.3, -0.25) is 14.9 Å². The Bertz CT molecular complexity index is 1550. The average Bonchev–Trinajstić information content (AvgIpc) is 2.87. The summed E-state index contributed by atoms with van der Waals surface area (Å²) in [7, 11) is 0. The predicted molar refractivity (Wildman–Crippen MR) is 147 cm³/mol. The third kappa shape index (κ3) is 6.03. The molecule has 0 saturated heterocycles. The van der Waals surface area contributed by atoms with Crippen molar-refractivity contribution in [3.05, 3.63) is 89.5 Å². The molecule has 0 N–H and O–H groups in total. The van der Waals surface area contributed by atoms with Gasteiger partial charge < -0.3 is 9.47 Å². The zero-order chi connectivity index (χ0) is 26.5. The molecule has 0 radical (unpaired) electrons. The van der Waals surface area contributed by atoms with Crippen LogP contribution in [0.1, 0.15) is 31.7 Å². The molecular formula is C25H21Br2N5O5. The second kappa shape index (κ2) is 11.6. The van der Waals surface area contributed by atoms with Gasteiger partial charge in [-0.25, -0.2) is 9.97 Å². The van der Waals surface area contributed by atoms with Crippen molar-refractivity contribution in [1.82, 2.24) is 14.6 Å². The van der Waals surface area contributed by atoms with Crippen LogP contribution in [-0.2, 0) is 6.42 Å². The summed E-state index contributed by atoms with van der Waals surface area (Å²) < 4.78 is 14.3. The topological polar surface area (TPSA) is 122 Å². The van der Waals surface area contributed by atoms with Gasteiger partial charge in [-0.2, -0.15) is 9.78 Å². The molecule has 4 aromatic rings. The molecule has 0 unspecified atom stereocenters. The molecule has 0 bridgehead atoms. The van der Waals surface area contributed by atoms with E-state index in [4.69, 9.17) is 9.47 Å². The molecule has 0 saturated carbocycles. The smallest absolute Gasteiger partial charge is 0.287 e. The normalized spacial score (nSPS) is 11.2. The van der Waals surface area contributed by atoms with Crippen LogP contribution in [0.5, 0.6) is 17.4 Å². The minimum atomic E-state index is -0.534. The van der Waals surface area contributed by atoms with Crippen LogP contribution in [-0.4, -0.2) is 32.4 Å². The summed E-state index contributed by atoms with van der Waals surface area (Å²) in [5, 5.41) is 15.8. The maximum absolute atomic E-state index is 13.2. The van der Waals surface area contributed by atoms with Crippen molar-refractivity contribution in [2.24, 2.45) is 5.10 Å². The third-order valence-corrected chi connectivity index (χ3v) is 6.22. The fourth-order valence-electron chi connectivity index (χ4n) is 3.49. The number of hydrogen-bond donors (Lipinski definition) is 0. The van der Waals surface area contributed by atoms with E-state index in [2.05, 4.69) is 46.9 Å². The van der Waals surface area contributed by atoms with Crippen LogP contribution in [0, 0.1) is 10.1 Å². The second-order valence-electron chi connectivity index (χ2n) is 7.78. The average molecular weight is 631 g/mol. The largest absolute Gasteiger partial charge is 0.490 e. The minimum Gasteiger partial charge on any atom is -0.490 e. The number of nitrogens with zero attached hydrogens (tertiary/aromatic N) is 5. The van der Waals surface area contributed by atoms with Crippen LogP contribution >= 0.6 is 31.9 Å². The van der Waals surface area contributed by atoms with Gasteiger partial charge in [-0.1, -0.05) is 22.9 Å². The summed E-state index contributed by atoms with van der Waals surface area (Å²) in [6.45, 7) is 4.20. The van der Waals surface area contributed by atoms with E-state index >= 15 is 0 Å². The van der Waals surface area contributed by atoms with Gasteiger partial charge >= 0.3 is 0 Å². The summed E-state index contributed by atoms with van der Waals surface area (Å²) in [5.41, 5.74) is 0.851. The van der Waals surface area contributed by atoms with Crippen LogP contribution in [0.2, 0.25) is 0 Å². The Morgan fingerprint density at radius 1 is 1.16 bits per heavy atom. The molecule has 0 aliphatic carbocycles. The Hall–Kier alpha value is -3.64. The Morgan fingerprint density at radius 2 is 1.97 bits per heavy atom. The van der Waals surface area contributed by atoms with Gasteiger partial charge in [-0.15, -0.1) is 0 Å². The molecule has 0 amide bonds. The fourth-order valence-corrected chi connectivity index (χ4v) is 4.40. The molecule has 0 spiro atoms. The minimum absolute atomic E-state index is 0.142. The van der Waals surface area contributed by atoms with E-state index in [1.807, 2.05) is 19.9 Å². The third-order valence-electron chi connectivity index (χ3n) is 5.14. The van der Waals surface area contributed by atoms with E-state index in [9.17, 15) is 14.9 Å². The first kappa shape index (κ1) is 26.4. The molecule has 37 heavy (non-hydrogen) atoms. The predicted octanol–water partition coefficient (Wildman–Crippen LogP) is 6.25. The number of pyridine rings is 1. The molecule has 12 heteroatoms. The number of aryl methyl sites for hydroxylation is 1. The Morgan fingerprint density at radius 3 is 2.65 bits per heavy atom. The van der Waals surface area contributed by atoms with Crippen molar-refractivity contribution in [3.8, 4) is 17.4 Å². The van der Waals surface area contributed by atoms with Crippen molar-refractivity contribution in [1.29, 1.82) is 0 Å². The molecule has 0 atom stereocenters. The van der Waals surface area contributed by atoms with E-state index in [-0.39, 0.29) is 17.1 Å². The lowest BCUT2D eigenvalue weighted by Gasteiger charge is -2.14. The highest BCUT2D eigenvalue weighted by molar-refractivity contribution is 9.10. The number of halogens is 2. The fraction of sp³-hybridized carbons (Fsp3) is 0.200. The summed E-state index contributed by atoms with van der Waals surface area (Å²) in [6.07, 6.45) is 4.05. The summed E-state index contributed by atoms with van der Waals surface area (Å²) in [6, 6.07) is 11.6. The maximum atomic E-state index is 13.2. The zero-order valence-corrected chi connectivity index (χ0v) is 23.0. The SMILES string of the molecule is CCCc1nc2ccc(Br)cc2c(=O)n1N=Cc1cc(Br)c(Oc2ccc([N+](=O)[O-])cn2)c(OCC)c1. The first-order valence-corrected chi connectivity index (χ1v) is 12.9.